The minimum absolute atomic E-state index is 0.0510. The molecule has 40 heavy (non-hydrogen) atoms. The van der Waals surface area contributed by atoms with E-state index in [0.29, 0.717) is 41.0 Å². The van der Waals surface area contributed by atoms with Gasteiger partial charge in [0, 0.05) is 5.69 Å². The Morgan fingerprint density at radius 3 is 2.35 bits per heavy atom. The van der Waals surface area contributed by atoms with Gasteiger partial charge >= 0.3 is 0 Å². The first-order chi connectivity index (χ1) is 19.6. The number of fused-ring (bicyclic) bond motifs is 1. The van der Waals surface area contributed by atoms with E-state index >= 15 is 0 Å². The van der Waals surface area contributed by atoms with Crippen molar-refractivity contribution in [2.75, 3.05) is 5.32 Å². The molecule has 0 aromatic heterocycles. The van der Waals surface area contributed by atoms with Crippen LogP contribution in [0.4, 0.5) is 5.69 Å². The van der Waals surface area contributed by atoms with Crippen molar-refractivity contribution in [3.8, 4) is 17.6 Å². The van der Waals surface area contributed by atoms with Crippen LogP contribution in [0.1, 0.15) is 16.7 Å². The summed E-state index contributed by atoms with van der Waals surface area (Å²) in [6, 6.07) is 38.2. The summed E-state index contributed by atoms with van der Waals surface area (Å²) < 4.78 is 11.8. The number of nitriles is 1. The molecule has 1 amide bonds. The molecule has 0 fully saturated rings. The summed E-state index contributed by atoms with van der Waals surface area (Å²) >= 11 is 6.48. The van der Waals surface area contributed by atoms with Crippen molar-refractivity contribution in [3.05, 3.63) is 143 Å². The van der Waals surface area contributed by atoms with Gasteiger partial charge in [0.05, 0.1) is 5.02 Å². The average Bonchev–Trinajstić information content (AvgIpc) is 2.99. The molecule has 0 unspecified atom stereocenters. The number of rotatable bonds is 9. The molecule has 0 atom stereocenters. The number of amides is 1. The molecule has 0 saturated heterocycles. The average molecular weight is 545 g/mol. The number of ether oxygens (including phenoxy) is 2. The van der Waals surface area contributed by atoms with E-state index in [0.717, 1.165) is 21.9 Å². The molecule has 5 rings (SSSR count). The Balaban J connectivity index is 1.20. The number of benzene rings is 5. The largest absolute Gasteiger partial charge is 0.489 e. The number of nitrogens with one attached hydrogen (secondary N) is 1. The van der Waals surface area contributed by atoms with Gasteiger partial charge in [-0.1, -0.05) is 90.5 Å². The Labute approximate surface area is 237 Å². The molecule has 0 aliphatic carbocycles. The summed E-state index contributed by atoms with van der Waals surface area (Å²) in [4.78, 5) is 12.8. The van der Waals surface area contributed by atoms with Gasteiger partial charge in [0.15, 0.2) is 0 Å². The summed E-state index contributed by atoms with van der Waals surface area (Å²) in [6.07, 6.45) is 1.49. The van der Waals surface area contributed by atoms with E-state index in [1.54, 1.807) is 42.5 Å². The Hall–Kier alpha value is -5.05. The Morgan fingerprint density at radius 2 is 1.57 bits per heavy atom. The molecule has 5 nitrogen and oxygen atoms in total. The molecule has 6 heteroatoms. The van der Waals surface area contributed by atoms with Crippen molar-refractivity contribution in [3.63, 3.8) is 0 Å². The summed E-state index contributed by atoms with van der Waals surface area (Å²) in [7, 11) is 0. The number of halogens is 1. The van der Waals surface area contributed by atoms with Gasteiger partial charge in [-0.25, -0.2) is 0 Å². The van der Waals surface area contributed by atoms with Crippen LogP contribution < -0.4 is 14.8 Å². The lowest BCUT2D eigenvalue weighted by atomic mass is 10.1. The van der Waals surface area contributed by atoms with Crippen molar-refractivity contribution in [2.45, 2.75) is 13.2 Å². The molecular formula is C34H25ClN2O3. The highest BCUT2D eigenvalue weighted by Crippen LogP contribution is 2.28. The molecule has 5 aromatic rings. The van der Waals surface area contributed by atoms with E-state index in [1.807, 2.05) is 60.7 Å². The fourth-order valence-electron chi connectivity index (χ4n) is 4.19. The van der Waals surface area contributed by atoms with Crippen LogP contribution in [0.15, 0.2) is 121 Å². The number of nitrogens with zero attached hydrogens (tertiary/aromatic N) is 1. The molecule has 0 saturated carbocycles. The van der Waals surface area contributed by atoms with E-state index in [2.05, 4.69) is 23.5 Å². The predicted octanol–water partition coefficient (Wildman–Crippen LogP) is 8.20. The number of hydrogen-bond acceptors (Lipinski definition) is 4. The van der Waals surface area contributed by atoms with E-state index in [1.165, 1.54) is 6.08 Å². The lowest BCUT2D eigenvalue weighted by molar-refractivity contribution is -0.112. The Kier molecular flexibility index (Phi) is 8.41. The van der Waals surface area contributed by atoms with Crippen LogP contribution in [0.3, 0.4) is 0 Å². The highest BCUT2D eigenvalue weighted by Gasteiger charge is 2.11. The van der Waals surface area contributed by atoms with Gasteiger partial charge in [0.25, 0.3) is 5.91 Å². The van der Waals surface area contributed by atoms with Crippen molar-refractivity contribution < 1.29 is 14.3 Å². The van der Waals surface area contributed by atoms with Gasteiger partial charge in [-0.3, -0.25) is 4.79 Å². The fraction of sp³-hybridized carbons (Fsp3) is 0.0588. The van der Waals surface area contributed by atoms with E-state index < -0.39 is 5.91 Å². The normalized spacial score (nSPS) is 11.1. The molecule has 0 bridgehead atoms. The highest BCUT2D eigenvalue weighted by molar-refractivity contribution is 6.32. The van der Waals surface area contributed by atoms with Crippen LogP contribution in [0.2, 0.25) is 5.02 Å². The number of carbonyl (C=O) groups is 1. The monoisotopic (exact) mass is 544 g/mol. The van der Waals surface area contributed by atoms with Crippen molar-refractivity contribution >= 4 is 40.0 Å². The van der Waals surface area contributed by atoms with Crippen LogP contribution in [0.25, 0.3) is 16.8 Å². The first-order valence-corrected chi connectivity index (χ1v) is 13.1. The number of anilines is 1. The maximum absolute atomic E-state index is 12.8. The van der Waals surface area contributed by atoms with Crippen LogP contribution in [-0.2, 0) is 18.0 Å². The SMILES string of the molecule is N#C/C(=C\c1ccc(OCc2cccc3ccccc23)c(Cl)c1)C(=O)Nc1ccc(OCc2ccccc2)cc1. The summed E-state index contributed by atoms with van der Waals surface area (Å²) in [6.45, 7) is 0.807. The molecule has 0 radical (unpaired) electrons. The highest BCUT2D eigenvalue weighted by atomic mass is 35.5. The zero-order valence-corrected chi connectivity index (χ0v) is 22.3. The second-order valence-corrected chi connectivity index (χ2v) is 9.45. The van der Waals surface area contributed by atoms with E-state index in [-0.39, 0.29) is 5.57 Å². The minimum atomic E-state index is -0.521. The third-order valence-electron chi connectivity index (χ3n) is 6.26. The second kappa shape index (κ2) is 12.7. The van der Waals surface area contributed by atoms with Crippen LogP contribution in [-0.4, -0.2) is 5.91 Å². The van der Waals surface area contributed by atoms with Crippen molar-refractivity contribution in [1.29, 1.82) is 5.26 Å². The maximum Gasteiger partial charge on any atom is 0.266 e. The predicted molar refractivity (Wildman–Crippen MR) is 159 cm³/mol. The topological polar surface area (TPSA) is 71.3 Å². The number of carbonyl (C=O) groups excluding carboxylic acids is 1. The zero-order chi connectivity index (χ0) is 27.7. The van der Waals surface area contributed by atoms with Crippen molar-refractivity contribution in [1.82, 2.24) is 0 Å². The second-order valence-electron chi connectivity index (χ2n) is 9.04. The molecule has 196 valence electrons. The lowest BCUT2D eigenvalue weighted by Gasteiger charge is -2.11. The standard InChI is InChI=1S/C34H25ClN2O3/c35-32-20-25(13-18-33(32)40-23-27-11-6-10-26-9-4-5-12-31(26)27)19-28(21-36)34(38)37-29-14-16-30(17-15-29)39-22-24-7-2-1-3-8-24/h1-20H,22-23H2,(H,37,38)/b28-19+. The quantitative estimate of drug-likeness (QED) is 0.150. The maximum atomic E-state index is 12.8. The molecule has 1 N–H and O–H groups in total. The van der Waals surface area contributed by atoms with Gasteiger partial charge in [0.1, 0.15) is 36.4 Å². The van der Waals surface area contributed by atoms with Gasteiger partial charge in [-0.05, 0) is 69.9 Å². The smallest absolute Gasteiger partial charge is 0.266 e. The van der Waals surface area contributed by atoms with Crippen molar-refractivity contribution in [2.24, 2.45) is 0 Å². The van der Waals surface area contributed by atoms with Crippen LogP contribution >= 0.6 is 11.6 Å². The van der Waals surface area contributed by atoms with Gasteiger partial charge in [-0.2, -0.15) is 5.26 Å². The molecule has 5 aromatic carbocycles. The van der Waals surface area contributed by atoms with Gasteiger partial charge in [0.2, 0.25) is 0 Å². The first kappa shape index (κ1) is 26.6. The van der Waals surface area contributed by atoms with Crippen LogP contribution in [0.5, 0.6) is 11.5 Å². The Morgan fingerprint density at radius 1 is 0.825 bits per heavy atom. The van der Waals surface area contributed by atoms with E-state index in [4.69, 9.17) is 21.1 Å². The van der Waals surface area contributed by atoms with E-state index in [9.17, 15) is 10.1 Å². The molecule has 0 aliphatic rings. The Bertz CT molecular complexity index is 1700. The first-order valence-electron chi connectivity index (χ1n) is 12.7. The molecular weight excluding hydrogens is 520 g/mol. The number of hydrogen-bond donors (Lipinski definition) is 1. The lowest BCUT2D eigenvalue weighted by Crippen LogP contribution is -2.13. The molecule has 0 heterocycles. The molecule has 0 spiro atoms. The summed E-state index contributed by atoms with van der Waals surface area (Å²) in [5.74, 6) is 0.674. The third-order valence-corrected chi connectivity index (χ3v) is 6.55. The fourth-order valence-corrected chi connectivity index (χ4v) is 4.43. The van der Waals surface area contributed by atoms with Gasteiger partial charge < -0.3 is 14.8 Å². The summed E-state index contributed by atoms with van der Waals surface area (Å²) in [5, 5.41) is 15.0. The summed E-state index contributed by atoms with van der Waals surface area (Å²) in [5.41, 5.74) is 3.22. The molecule has 0 aliphatic heterocycles. The van der Waals surface area contributed by atoms with Gasteiger partial charge in [-0.15, -0.1) is 0 Å². The zero-order valence-electron chi connectivity index (χ0n) is 21.5. The minimum Gasteiger partial charge on any atom is -0.489 e. The van der Waals surface area contributed by atoms with Crippen LogP contribution in [0, 0.1) is 11.3 Å². The third kappa shape index (κ3) is 6.68.